The number of allylic oxidation sites excluding steroid dienone is 2. The van der Waals surface area contributed by atoms with Gasteiger partial charge in [0.2, 0.25) is 0 Å². The van der Waals surface area contributed by atoms with Crippen LogP contribution in [0.1, 0.15) is 29.5 Å². The van der Waals surface area contributed by atoms with Crippen LogP contribution in [0.25, 0.3) is 0 Å². The topological polar surface area (TPSA) is 64.4 Å². The van der Waals surface area contributed by atoms with Crippen molar-refractivity contribution in [1.29, 1.82) is 0 Å². The average molecular weight is 357 g/mol. The molecule has 1 aliphatic carbocycles. The highest BCUT2D eigenvalue weighted by molar-refractivity contribution is 6.32. The molecule has 25 heavy (non-hydrogen) atoms. The van der Waals surface area contributed by atoms with Gasteiger partial charge in [0, 0.05) is 12.0 Å². The molecule has 128 valence electrons. The lowest BCUT2D eigenvalue weighted by Gasteiger charge is -2.38. The van der Waals surface area contributed by atoms with E-state index in [0.29, 0.717) is 5.92 Å². The number of fused-ring (bicyclic) bond motifs is 3. The van der Waals surface area contributed by atoms with Gasteiger partial charge in [0.25, 0.3) is 5.69 Å². The maximum Gasteiger partial charge on any atom is 0.288 e. The molecule has 2 aromatic rings. The van der Waals surface area contributed by atoms with Gasteiger partial charge >= 0.3 is 0 Å². The van der Waals surface area contributed by atoms with Crippen molar-refractivity contribution in [2.75, 3.05) is 12.4 Å². The van der Waals surface area contributed by atoms with Crippen molar-refractivity contribution in [3.63, 3.8) is 0 Å². The quantitative estimate of drug-likeness (QED) is 0.473. The molecule has 0 spiro atoms. The van der Waals surface area contributed by atoms with Gasteiger partial charge in [0.15, 0.2) is 0 Å². The molecule has 6 heteroatoms. The van der Waals surface area contributed by atoms with Crippen LogP contribution >= 0.6 is 11.6 Å². The van der Waals surface area contributed by atoms with Gasteiger partial charge in [-0.25, -0.2) is 0 Å². The summed E-state index contributed by atoms with van der Waals surface area (Å²) in [6, 6.07) is 11.0. The number of hydrogen-bond acceptors (Lipinski definition) is 4. The van der Waals surface area contributed by atoms with E-state index in [-0.39, 0.29) is 22.7 Å². The van der Waals surface area contributed by atoms with Crippen LogP contribution in [-0.2, 0) is 0 Å². The largest absolute Gasteiger partial charge is 0.495 e. The fraction of sp³-hybridized carbons (Fsp3) is 0.263. The Morgan fingerprint density at radius 2 is 2.16 bits per heavy atom. The van der Waals surface area contributed by atoms with E-state index in [9.17, 15) is 10.1 Å². The lowest BCUT2D eigenvalue weighted by Crippen LogP contribution is -2.29. The fourth-order valence-corrected chi connectivity index (χ4v) is 4.14. The lowest BCUT2D eigenvalue weighted by atomic mass is 9.77. The summed E-state index contributed by atoms with van der Waals surface area (Å²) in [5, 5.41) is 15.0. The van der Waals surface area contributed by atoms with E-state index >= 15 is 0 Å². The summed E-state index contributed by atoms with van der Waals surface area (Å²) in [6.45, 7) is 0. The van der Waals surface area contributed by atoms with Crippen molar-refractivity contribution < 1.29 is 9.66 Å². The van der Waals surface area contributed by atoms with E-state index in [4.69, 9.17) is 16.3 Å². The molecule has 5 nitrogen and oxygen atoms in total. The Kier molecular flexibility index (Phi) is 3.88. The van der Waals surface area contributed by atoms with E-state index < -0.39 is 4.92 Å². The first-order valence-corrected chi connectivity index (χ1v) is 8.52. The molecule has 1 aliphatic heterocycles. The molecule has 0 saturated carbocycles. The van der Waals surface area contributed by atoms with E-state index in [1.165, 1.54) is 5.56 Å². The second-order valence-electron chi connectivity index (χ2n) is 6.37. The van der Waals surface area contributed by atoms with Crippen molar-refractivity contribution in [2.24, 2.45) is 5.92 Å². The first-order valence-electron chi connectivity index (χ1n) is 8.14. The van der Waals surface area contributed by atoms with Crippen molar-refractivity contribution >= 4 is 23.0 Å². The van der Waals surface area contributed by atoms with Crippen molar-refractivity contribution in [1.82, 2.24) is 0 Å². The third kappa shape index (κ3) is 2.55. The summed E-state index contributed by atoms with van der Waals surface area (Å²) in [5.41, 5.74) is 2.97. The predicted octanol–water partition coefficient (Wildman–Crippen LogP) is 5.08. The second-order valence-corrected chi connectivity index (χ2v) is 6.78. The van der Waals surface area contributed by atoms with E-state index in [2.05, 4.69) is 23.5 Å². The highest BCUT2D eigenvalue weighted by atomic mass is 35.5. The van der Waals surface area contributed by atoms with Crippen LogP contribution in [0.3, 0.4) is 0 Å². The summed E-state index contributed by atoms with van der Waals surface area (Å²) in [7, 11) is 1.65. The highest BCUT2D eigenvalue weighted by Gasteiger charge is 2.39. The number of nitro groups is 1. The number of para-hydroxylation sites is 1. The van der Waals surface area contributed by atoms with E-state index in [1.54, 1.807) is 19.2 Å². The van der Waals surface area contributed by atoms with Crippen molar-refractivity contribution in [3.8, 4) is 5.75 Å². The van der Waals surface area contributed by atoms with Crippen molar-refractivity contribution in [3.05, 3.63) is 74.8 Å². The second kappa shape index (κ2) is 6.08. The van der Waals surface area contributed by atoms with Crippen LogP contribution in [0, 0.1) is 16.0 Å². The molecule has 0 unspecified atom stereocenters. The summed E-state index contributed by atoms with van der Waals surface area (Å²) >= 11 is 5.98. The van der Waals surface area contributed by atoms with Gasteiger partial charge in [-0.2, -0.15) is 0 Å². The number of halogens is 1. The monoisotopic (exact) mass is 356 g/mol. The fourth-order valence-electron chi connectivity index (χ4n) is 3.96. The summed E-state index contributed by atoms with van der Waals surface area (Å²) in [5.74, 6) is 1.36. The van der Waals surface area contributed by atoms with Gasteiger partial charge in [-0.05, 0) is 35.6 Å². The van der Waals surface area contributed by atoms with Crippen LogP contribution < -0.4 is 10.1 Å². The molecule has 1 heterocycles. The Bertz CT molecular complexity index is 881. The number of hydrogen-bond donors (Lipinski definition) is 1. The third-order valence-electron chi connectivity index (χ3n) is 5.10. The first kappa shape index (κ1) is 16.0. The maximum absolute atomic E-state index is 11.3. The van der Waals surface area contributed by atoms with Gasteiger partial charge in [0.1, 0.15) is 10.8 Å². The predicted molar refractivity (Wildman–Crippen MR) is 97.5 cm³/mol. The molecule has 0 radical (unpaired) electrons. The van der Waals surface area contributed by atoms with Gasteiger partial charge in [-0.3, -0.25) is 10.1 Å². The highest BCUT2D eigenvalue weighted by Crippen LogP contribution is 2.52. The third-order valence-corrected chi connectivity index (χ3v) is 5.42. The van der Waals surface area contributed by atoms with Crippen LogP contribution in [0.15, 0.2) is 48.6 Å². The summed E-state index contributed by atoms with van der Waals surface area (Å²) < 4.78 is 5.51. The number of methoxy groups -OCH3 is 1. The molecule has 0 fully saturated rings. The normalized spacial score (nSPS) is 23.5. The number of anilines is 1. The standard InChI is InChI=1S/C19H17ClN2O3/c1-25-17-7-3-6-14-12-4-2-5-13(12)18(21-19(14)17)11-8-9-15(20)16(10-11)22(23)24/h2-4,6-10,12-13,18,21H,5H2,1H3/t12-,13+,18-/m1/s1. The molecule has 1 N–H and O–H groups in total. The molecule has 3 atom stereocenters. The van der Waals surface area contributed by atoms with Gasteiger partial charge in [0.05, 0.1) is 23.8 Å². The number of ether oxygens (including phenoxy) is 1. The zero-order chi connectivity index (χ0) is 17.6. The number of benzene rings is 2. The SMILES string of the molecule is COc1cccc2c1N[C@H](c1ccc(Cl)c([N+](=O)[O-])c1)[C@H]1CC=C[C@@H]21. The lowest BCUT2D eigenvalue weighted by molar-refractivity contribution is -0.384. The van der Waals surface area contributed by atoms with Crippen LogP contribution in [0.4, 0.5) is 11.4 Å². The number of nitro benzene ring substituents is 1. The van der Waals surface area contributed by atoms with Crippen LogP contribution in [-0.4, -0.2) is 12.0 Å². The van der Waals surface area contributed by atoms with Gasteiger partial charge < -0.3 is 10.1 Å². The Morgan fingerprint density at radius 3 is 2.92 bits per heavy atom. The molecule has 0 amide bonds. The molecule has 0 bridgehead atoms. The molecule has 2 aliphatic rings. The molecular formula is C19H17ClN2O3. The molecule has 4 rings (SSSR count). The van der Waals surface area contributed by atoms with Crippen molar-refractivity contribution in [2.45, 2.75) is 18.4 Å². The van der Waals surface area contributed by atoms with Crippen LogP contribution in [0.5, 0.6) is 5.75 Å². The molecule has 0 saturated heterocycles. The first-order chi connectivity index (χ1) is 12.1. The molecule has 2 aromatic carbocycles. The Hall–Kier alpha value is -2.53. The minimum Gasteiger partial charge on any atom is -0.495 e. The smallest absolute Gasteiger partial charge is 0.288 e. The Labute approximate surface area is 150 Å². The average Bonchev–Trinajstić information content (AvgIpc) is 3.10. The number of nitrogens with one attached hydrogen (secondary N) is 1. The van der Waals surface area contributed by atoms with Crippen LogP contribution in [0.2, 0.25) is 5.02 Å². The molecule has 0 aromatic heterocycles. The molecular weight excluding hydrogens is 340 g/mol. The minimum atomic E-state index is -0.437. The Balaban J connectivity index is 1.81. The number of rotatable bonds is 3. The summed E-state index contributed by atoms with van der Waals surface area (Å²) in [6.07, 6.45) is 5.33. The van der Waals surface area contributed by atoms with E-state index in [1.807, 2.05) is 18.2 Å². The maximum atomic E-state index is 11.3. The zero-order valence-electron chi connectivity index (χ0n) is 13.6. The minimum absolute atomic E-state index is 0.0419. The zero-order valence-corrected chi connectivity index (χ0v) is 14.4. The van der Waals surface area contributed by atoms with Gasteiger partial charge in [-0.1, -0.05) is 42.0 Å². The summed E-state index contributed by atoms with van der Waals surface area (Å²) in [4.78, 5) is 10.8. The van der Waals surface area contributed by atoms with Gasteiger partial charge in [-0.15, -0.1) is 0 Å². The van der Waals surface area contributed by atoms with E-state index in [0.717, 1.165) is 23.4 Å². The number of nitrogens with zero attached hydrogens (tertiary/aromatic N) is 1. The Morgan fingerprint density at radius 1 is 1.32 bits per heavy atom.